The third kappa shape index (κ3) is 2.12. The zero-order valence-corrected chi connectivity index (χ0v) is 10.9. The van der Waals surface area contributed by atoms with Crippen molar-refractivity contribution in [3.8, 4) is 0 Å². The van der Waals surface area contributed by atoms with Crippen molar-refractivity contribution < 1.29 is 0 Å². The number of anilines is 1. The van der Waals surface area contributed by atoms with Crippen LogP contribution in [0.2, 0.25) is 0 Å². The predicted molar refractivity (Wildman–Crippen MR) is 74.3 cm³/mol. The van der Waals surface area contributed by atoms with Gasteiger partial charge in [-0.05, 0) is 43.0 Å². The molecule has 0 saturated heterocycles. The fraction of sp³-hybridized carbons (Fsp3) is 0.400. The molecule has 1 aromatic carbocycles. The zero-order chi connectivity index (χ0) is 12.4. The lowest BCUT2D eigenvalue weighted by atomic mass is 10.0. The highest BCUT2D eigenvalue weighted by molar-refractivity contribution is 5.92. The summed E-state index contributed by atoms with van der Waals surface area (Å²) in [6, 6.07) is 6.44. The first-order valence-electron chi connectivity index (χ1n) is 6.35. The summed E-state index contributed by atoms with van der Waals surface area (Å²) in [5, 5.41) is 1.10. The van der Waals surface area contributed by atoms with Crippen LogP contribution >= 0.6 is 0 Å². The summed E-state index contributed by atoms with van der Waals surface area (Å²) in [6.07, 6.45) is 3.19. The number of nitrogens with zero attached hydrogens (tertiary/aromatic N) is 1. The Hall–Kier alpha value is -1.57. The van der Waals surface area contributed by atoms with Crippen molar-refractivity contribution in [2.24, 2.45) is 0 Å². The normalized spacial score (nSPS) is 11.0. The van der Waals surface area contributed by atoms with Crippen molar-refractivity contribution in [1.82, 2.24) is 4.98 Å². The summed E-state index contributed by atoms with van der Waals surface area (Å²) in [6.45, 7) is 6.37. The third-order valence-electron chi connectivity index (χ3n) is 3.32. The van der Waals surface area contributed by atoms with Gasteiger partial charge in [-0.3, -0.25) is 4.98 Å². The predicted octanol–water partition coefficient (Wildman–Crippen LogP) is 3.64. The number of benzene rings is 1. The minimum absolute atomic E-state index is 0.893. The van der Waals surface area contributed by atoms with E-state index in [1.807, 2.05) is 0 Å². The Morgan fingerprint density at radius 3 is 2.65 bits per heavy atom. The monoisotopic (exact) mass is 228 g/mol. The van der Waals surface area contributed by atoms with Gasteiger partial charge in [0.05, 0.1) is 5.52 Å². The quantitative estimate of drug-likeness (QED) is 0.871. The molecule has 90 valence electrons. The lowest BCUT2D eigenvalue weighted by molar-refractivity contribution is 0.923. The molecule has 2 aromatic rings. The zero-order valence-electron chi connectivity index (χ0n) is 10.9. The molecule has 0 saturated carbocycles. The smallest absolute Gasteiger partial charge is 0.0726 e. The molecular weight excluding hydrogens is 208 g/mol. The van der Waals surface area contributed by atoms with Crippen molar-refractivity contribution in [2.45, 2.75) is 40.0 Å². The van der Waals surface area contributed by atoms with E-state index in [9.17, 15) is 0 Å². The second-order valence-corrected chi connectivity index (χ2v) is 4.55. The molecule has 0 bridgehead atoms. The Morgan fingerprint density at radius 2 is 2.00 bits per heavy atom. The maximum atomic E-state index is 6.22. The first-order chi connectivity index (χ1) is 8.17. The topological polar surface area (TPSA) is 38.9 Å². The summed E-state index contributed by atoms with van der Waals surface area (Å²) >= 11 is 0. The van der Waals surface area contributed by atoms with E-state index < -0.39 is 0 Å². The number of hydrogen-bond acceptors (Lipinski definition) is 2. The van der Waals surface area contributed by atoms with Gasteiger partial charge in [-0.1, -0.05) is 26.3 Å². The van der Waals surface area contributed by atoms with Crippen molar-refractivity contribution in [1.29, 1.82) is 0 Å². The second kappa shape index (κ2) is 4.74. The fourth-order valence-electron chi connectivity index (χ4n) is 2.27. The van der Waals surface area contributed by atoms with Crippen molar-refractivity contribution in [3.63, 3.8) is 0 Å². The highest BCUT2D eigenvalue weighted by atomic mass is 14.7. The summed E-state index contributed by atoms with van der Waals surface area (Å²) in [5.41, 5.74) is 11.7. The molecule has 2 nitrogen and oxygen atoms in total. The van der Waals surface area contributed by atoms with Crippen LogP contribution in [-0.4, -0.2) is 4.98 Å². The third-order valence-corrected chi connectivity index (χ3v) is 3.32. The standard InChI is InChI=1S/C15H20N2/c1-4-6-11-7-8-14-12(9-11)15(16)10(3)13(5-2)17-14/h7-9H,4-6H2,1-3H3,(H2,16,17). The van der Waals surface area contributed by atoms with E-state index in [0.717, 1.165) is 47.1 Å². The van der Waals surface area contributed by atoms with Crippen LogP contribution in [0.5, 0.6) is 0 Å². The molecule has 0 aliphatic heterocycles. The molecule has 0 radical (unpaired) electrons. The summed E-state index contributed by atoms with van der Waals surface area (Å²) in [4.78, 5) is 4.68. The lowest BCUT2D eigenvalue weighted by Crippen LogP contribution is -2.00. The van der Waals surface area contributed by atoms with Gasteiger partial charge >= 0.3 is 0 Å². The molecule has 17 heavy (non-hydrogen) atoms. The molecule has 2 N–H and O–H groups in total. The Kier molecular flexibility index (Phi) is 3.32. The van der Waals surface area contributed by atoms with Crippen LogP contribution in [0.4, 0.5) is 5.69 Å². The van der Waals surface area contributed by atoms with Crippen LogP contribution in [0, 0.1) is 6.92 Å². The van der Waals surface area contributed by atoms with Crippen LogP contribution in [0.25, 0.3) is 10.9 Å². The SMILES string of the molecule is CCCc1ccc2nc(CC)c(C)c(N)c2c1. The molecular formula is C15H20N2. The van der Waals surface area contributed by atoms with E-state index in [1.165, 1.54) is 5.56 Å². The number of pyridine rings is 1. The van der Waals surface area contributed by atoms with Crippen LogP contribution in [-0.2, 0) is 12.8 Å². The van der Waals surface area contributed by atoms with Crippen LogP contribution in [0.3, 0.4) is 0 Å². The van der Waals surface area contributed by atoms with Crippen molar-refractivity contribution >= 4 is 16.6 Å². The van der Waals surface area contributed by atoms with Gasteiger partial charge in [0.15, 0.2) is 0 Å². The molecule has 0 fully saturated rings. The maximum absolute atomic E-state index is 6.22. The Balaban J connectivity index is 2.65. The summed E-state index contributed by atoms with van der Waals surface area (Å²) in [7, 11) is 0. The van der Waals surface area contributed by atoms with Gasteiger partial charge in [-0.15, -0.1) is 0 Å². The highest BCUT2D eigenvalue weighted by Gasteiger charge is 2.08. The largest absolute Gasteiger partial charge is 0.398 e. The Bertz CT molecular complexity index is 544. The number of aromatic nitrogens is 1. The molecule has 0 spiro atoms. The summed E-state index contributed by atoms with van der Waals surface area (Å²) in [5.74, 6) is 0. The second-order valence-electron chi connectivity index (χ2n) is 4.55. The minimum atomic E-state index is 0.893. The summed E-state index contributed by atoms with van der Waals surface area (Å²) < 4.78 is 0. The van der Waals surface area contributed by atoms with Crippen LogP contribution in [0.15, 0.2) is 18.2 Å². The van der Waals surface area contributed by atoms with Crippen LogP contribution in [0.1, 0.15) is 37.1 Å². The van der Waals surface area contributed by atoms with E-state index in [1.54, 1.807) is 0 Å². The average molecular weight is 228 g/mol. The maximum Gasteiger partial charge on any atom is 0.0726 e. The van der Waals surface area contributed by atoms with Gasteiger partial charge in [0, 0.05) is 16.8 Å². The molecule has 1 heterocycles. The van der Waals surface area contributed by atoms with E-state index >= 15 is 0 Å². The Labute approximate surface area is 103 Å². The molecule has 0 aliphatic carbocycles. The lowest BCUT2D eigenvalue weighted by Gasteiger charge is -2.11. The van der Waals surface area contributed by atoms with Gasteiger partial charge in [0.1, 0.15) is 0 Å². The average Bonchev–Trinajstić information content (AvgIpc) is 2.34. The van der Waals surface area contributed by atoms with E-state index in [2.05, 4.69) is 44.0 Å². The number of rotatable bonds is 3. The van der Waals surface area contributed by atoms with Gasteiger partial charge in [-0.2, -0.15) is 0 Å². The van der Waals surface area contributed by atoms with Gasteiger partial charge in [0.2, 0.25) is 0 Å². The number of aryl methyl sites for hydroxylation is 2. The van der Waals surface area contributed by atoms with E-state index in [0.29, 0.717) is 0 Å². The van der Waals surface area contributed by atoms with Crippen molar-refractivity contribution in [3.05, 3.63) is 35.0 Å². The molecule has 0 amide bonds. The Morgan fingerprint density at radius 1 is 1.24 bits per heavy atom. The van der Waals surface area contributed by atoms with E-state index in [-0.39, 0.29) is 0 Å². The molecule has 2 rings (SSSR count). The van der Waals surface area contributed by atoms with Crippen molar-refractivity contribution in [2.75, 3.05) is 5.73 Å². The number of hydrogen-bond donors (Lipinski definition) is 1. The number of nitrogen functional groups attached to an aromatic ring is 1. The van der Waals surface area contributed by atoms with Gasteiger partial charge in [-0.25, -0.2) is 0 Å². The first kappa shape index (κ1) is 11.9. The van der Waals surface area contributed by atoms with Crippen LogP contribution < -0.4 is 5.73 Å². The molecule has 0 aliphatic rings. The molecule has 2 heteroatoms. The highest BCUT2D eigenvalue weighted by Crippen LogP contribution is 2.26. The molecule has 0 unspecified atom stereocenters. The van der Waals surface area contributed by atoms with E-state index in [4.69, 9.17) is 5.73 Å². The fourth-order valence-corrected chi connectivity index (χ4v) is 2.27. The minimum Gasteiger partial charge on any atom is -0.398 e. The van der Waals surface area contributed by atoms with Gasteiger partial charge < -0.3 is 5.73 Å². The first-order valence-corrected chi connectivity index (χ1v) is 6.35. The van der Waals surface area contributed by atoms with Gasteiger partial charge in [0.25, 0.3) is 0 Å². The number of nitrogens with two attached hydrogens (primary N) is 1. The number of fused-ring (bicyclic) bond motifs is 1. The molecule has 0 atom stereocenters. The molecule has 1 aromatic heterocycles.